The molecule has 1 aromatic carbocycles. The molecule has 0 radical (unpaired) electrons. The van der Waals surface area contributed by atoms with Crippen molar-refractivity contribution < 1.29 is 27.9 Å². The molecule has 2 N–H and O–H groups in total. The number of carbonyl (C=O) groups excluding carboxylic acids is 1. The molecule has 22 heavy (non-hydrogen) atoms. The van der Waals surface area contributed by atoms with E-state index < -0.39 is 32.2 Å². The fourth-order valence-corrected chi connectivity index (χ4v) is 2.53. The summed E-state index contributed by atoms with van der Waals surface area (Å²) < 4.78 is 27.2. The van der Waals surface area contributed by atoms with Gasteiger partial charge in [-0.3, -0.25) is 9.59 Å². The number of ether oxygens (including phenoxy) is 1. The van der Waals surface area contributed by atoms with Crippen LogP contribution in [0, 0.1) is 0 Å². The topological polar surface area (TPSA) is 110 Å². The summed E-state index contributed by atoms with van der Waals surface area (Å²) in [5.74, 6) is -2.57. The third-order valence-corrected chi connectivity index (χ3v) is 5.43. The Hall–Kier alpha value is -2.09. The van der Waals surface area contributed by atoms with E-state index in [1.807, 2.05) is 6.92 Å². The Morgan fingerprint density at radius 1 is 1.23 bits per heavy atom. The van der Waals surface area contributed by atoms with Gasteiger partial charge in [-0.15, -0.1) is 0 Å². The van der Waals surface area contributed by atoms with E-state index in [1.165, 1.54) is 0 Å². The average molecular weight is 329 g/mol. The van der Waals surface area contributed by atoms with Gasteiger partial charge in [-0.25, -0.2) is 8.42 Å². The maximum atomic E-state index is 12.0. The van der Waals surface area contributed by atoms with E-state index in [9.17, 15) is 18.0 Å². The molecule has 122 valence electrons. The van der Waals surface area contributed by atoms with Crippen molar-refractivity contribution in [3.8, 4) is 5.75 Å². The standard InChI is InChI=1S/C14H19NO6S/c1-4-21-11-7-5-10(6-8-11)15-12(16)9-22(19,20)14(2,3)13(17)18/h5-8H,4,9H2,1-3H3,(H,15,16)(H,17,18). The van der Waals surface area contributed by atoms with Crippen molar-refractivity contribution in [3.63, 3.8) is 0 Å². The second kappa shape index (κ2) is 6.78. The minimum absolute atomic E-state index is 0.400. The Labute approximate surface area is 129 Å². The maximum absolute atomic E-state index is 12.0. The van der Waals surface area contributed by atoms with Gasteiger partial charge in [0.25, 0.3) is 0 Å². The maximum Gasteiger partial charge on any atom is 0.324 e. The van der Waals surface area contributed by atoms with Crippen molar-refractivity contribution in [1.29, 1.82) is 0 Å². The van der Waals surface area contributed by atoms with Crippen molar-refractivity contribution in [2.75, 3.05) is 17.7 Å². The Kier molecular flexibility index (Phi) is 5.54. The van der Waals surface area contributed by atoms with Crippen LogP contribution < -0.4 is 10.1 Å². The van der Waals surface area contributed by atoms with Crippen LogP contribution in [0.4, 0.5) is 5.69 Å². The van der Waals surface area contributed by atoms with Crippen molar-refractivity contribution >= 4 is 27.4 Å². The highest BCUT2D eigenvalue weighted by atomic mass is 32.2. The largest absolute Gasteiger partial charge is 0.494 e. The molecule has 0 fully saturated rings. The van der Waals surface area contributed by atoms with Gasteiger partial charge in [0.05, 0.1) is 6.61 Å². The summed E-state index contributed by atoms with van der Waals surface area (Å²) in [4.78, 5) is 22.8. The van der Waals surface area contributed by atoms with E-state index in [0.29, 0.717) is 18.0 Å². The van der Waals surface area contributed by atoms with E-state index in [4.69, 9.17) is 9.84 Å². The lowest BCUT2D eigenvalue weighted by atomic mass is 10.2. The highest BCUT2D eigenvalue weighted by Crippen LogP contribution is 2.19. The normalized spacial score (nSPS) is 11.8. The molecular formula is C14H19NO6S. The summed E-state index contributed by atoms with van der Waals surface area (Å²) in [5, 5.41) is 11.3. The molecule has 1 rings (SSSR count). The van der Waals surface area contributed by atoms with Crippen LogP contribution in [0.25, 0.3) is 0 Å². The Morgan fingerprint density at radius 2 is 1.77 bits per heavy atom. The molecule has 1 amide bonds. The molecule has 0 saturated heterocycles. The summed E-state index contributed by atoms with van der Waals surface area (Å²) in [6, 6.07) is 6.40. The smallest absolute Gasteiger partial charge is 0.324 e. The van der Waals surface area contributed by atoms with E-state index in [1.54, 1.807) is 24.3 Å². The molecule has 1 aromatic rings. The molecule has 0 atom stereocenters. The lowest BCUT2D eigenvalue weighted by Crippen LogP contribution is -2.44. The summed E-state index contributed by atoms with van der Waals surface area (Å²) in [6.07, 6.45) is 0. The highest BCUT2D eigenvalue weighted by Gasteiger charge is 2.42. The van der Waals surface area contributed by atoms with Gasteiger partial charge in [0.2, 0.25) is 5.91 Å². The summed E-state index contributed by atoms with van der Waals surface area (Å²) >= 11 is 0. The summed E-state index contributed by atoms with van der Waals surface area (Å²) in [6.45, 7) is 4.45. The van der Waals surface area contributed by atoms with Crippen LogP contribution >= 0.6 is 0 Å². The number of carbonyl (C=O) groups is 2. The van der Waals surface area contributed by atoms with Crippen molar-refractivity contribution in [2.45, 2.75) is 25.5 Å². The molecule has 7 nitrogen and oxygen atoms in total. The number of hydrogen-bond donors (Lipinski definition) is 2. The fraction of sp³-hybridized carbons (Fsp3) is 0.429. The highest BCUT2D eigenvalue weighted by molar-refractivity contribution is 7.94. The lowest BCUT2D eigenvalue weighted by Gasteiger charge is -2.19. The SMILES string of the molecule is CCOc1ccc(NC(=O)CS(=O)(=O)C(C)(C)C(=O)O)cc1. The van der Waals surface area contributed by atoms with E-state index >= 15 is 0 Å². The second-order valence-corrected chi connectivity index (χ2v) is 7.62. The number of nitrogens with one attached hydrogen (secondary N) is 1. The third-order valence-electron chi connectivity index (χ3n) is 3.06. The Bertz CT molecular complexity index is 648. The predicted octanol–water partition coefficient (Wildman–Crippen LogP) is 1.30. The van der Waals surface area contributed by atoms with E-state index in [-0.39, 0.29) is 0 Å². The zero-order chi connectivity index (χ0) is 17.0. The van der Waals surface area contributed by atoms with Crippen LogP contribution in [0.15, 0.2) is 24.3 Å². The number of aliphatic carboxylic acids is 1. The number of rotatable bonds is 7. The van der Waals surface area contributed by atoms with Crippen LogP contribution in [0.3, 0.4) is 0 Å². The lowest BCUT2D eigenvalue weighted by molar-refractivity contribution is -0.139. The molecule has 0 saturated carbocycles. The first kappa shape index (κ1) is 18.0. The fourth-order valence-electron chi connectivity index (χ4n) is 1.48. The van der Waals surface area contributed by atoms with Gasteiger partial charge in [0.1, 0.15) is 11.5 Å². The number of anilines is 1. The van der Waals surface area contributed by atoms with Gasteiger partial charge < -0.3 is 15.2 Å². The second-order valence-electron chi connectivity index (χ2n) is 5.08. The molecule has 0 aromatic heterocycles. The molecule has 8 heteroatoms. The van der Waals surface area contributed by atoms with Crippen molar-refractivity contribution in [1.82, 2.24) is 0 Å². The minimum atomic E-state index is -4.13. The van der Waals surface area contributed by atoms with E-state index in [2.05, 4.69) is 5.32 Å². The number of amides is 1. The van der Waals surface area contributed by atoms with Crippen LogP contribution in [0.1, 0.15) is 20.8 Å². The first-order valence-electron chi connectivity index (χ1n) is 6.58. The Morgan fingerprint density at radius 3 is 2.23 bits per heavy atom. The number of benzene rings is 1. The molecule has 0 unspecified atom stereocenters. The van der Waals surface area contributed by atoms with Crippen LogP contribution in [-0.4, -0.2) is 42.5 Å². The quantitative estimate of drug-likeness (QED) is 0.780. The molecule has 0 aliphatic rings. The minimum Gasteiger partial charge on any atom is -0.494 e. The molecule has 0 heterocycles. The van der Waals surface area contributed by atoms with Gasteiger partial charge in [-0.05, 0) is 45.0 Å². The molecule has 0 spiro atoms. The third kappa shape index (κ3) is 4.20. The molecule has 0 aliphatic carbocycles. The summed E-state index contributed by atoms with van der Waals surface area (Å²) in [5.41, 5.74) is 0.400. The van der Waals surface area contributed by atoms with Gasteiger partial charge in [0.15, 0.2) is 14.6 Å². The van der Waals surface area contributed by atoms with Gasteiger partial charge in [-0.1, -0.05) is 0 Å². The van der Waals surface area contributed by atoms with Gasteiger partial charge >= 0.3 is 5.97 Å². The van der Waals surface area contributed by atoms with Crippen molar-refractivity contribution in [3.05, 3.63) is 24.3 Å². The number of hydrogen-bond acceptors (Lipinski definition) is 5. The first-order chi connectivity index (χ1) is 10.1. The average Bonchev–Trinajstić information content (AvgIpc) is 2.40. The van der Waals surface area contributed by atoms with Crippen LogP contribution in [0.2, 0.25) is 0 Å². The van der Waals surface area contributed by atoms with Crippen molar-refractivity contribution in [2.24, 2.45) is 0 Å². The van der Waals surface area contributed by atoms with E-state index in [0.717, 1.165) is 13.8 Å². The van der Waals surface area contributed by atoms with Crippen LogP contribution in [0.5, 0.6) is 5.75 Å². The predicted molar refractivity (Wildman–Crippen MR) is 81.7 cm³/mol. The Balaban J connectivity index is 2.76. The zero-order valence-electron chi connectivity index (χ0n) is 12.6. The first-order valence-corrected chi connectivity index (χ1v) is 8.24. The van der Waals surface area contributed by atoms with Gasteiger partial charge in [0, 0.05) is 5.69 Å². The number of sulfone groups is 1. The number of carboxylic acid groups (broad SMARTS) is 1. The summed E-state index contributed by atoms with van der Waals surface area (Å²) in [7, 11) is -4.13. The van der Waals surface area contributed by atoms with Crippen LogP contribution in [-0.2, 0) is 19.4 Å². The number of carboxylic acids is 1. The molecule has 0 aliphatic heterocycles. The monoisotopic (exact) mass is 329 g/mol. The van der Waals surface area contributed by atoms with Gasteiger partial charge in [-0.2, -0.15) is 0 Å². The zero-order valence-corrected chi connectivity index (χ0v) is 13.4. The molecule has 0 bridgehead atoms. The molecular weight excluding hydrogens is 310 g/mol.